The molecule has 46 heavy (non-hydrogen) atoms. The molecule has 0 aromatic heterocycles. The lowest BCUT2D eigenvalue weighted by molar-refractivity contribution is -0.374. The fraction of sp³-hybridized carbons (Fsp3) is 0.600. The van der Waals surface area contributed by atoms with Gasteiger partial charge >= 0.3 is 25.2 Å². The van der Waals surface area contributed by atoms with Crippen LogP contribution in [0.1, 0.15) is 60.8 Å². The van der Waals surface area contributed by atoms with Crippen molar-refractivity contribution in [1.29, 1.82) is 0 Å². The number of hydrogen-bond acceptors (Lipinski definition) is 4. The van der Waals surface area contributed by atoms with Crippen molar-refractivity contribution in [3.05, 3.63) is 58.7 Å². The first-order valence-corrected chi connectivity index (χ1v) is 14.2. The van der Waals surface area contributed by atoms with Crippen LogP contribution in [0.5, 0.6) is 0 Å². The lowest BCUT2D eigenvalue weighted by Crippen LogP contribution is -2.55. The summed E-state index contributed by atoms with van der Waals surface area (Å²) in [6, 6.07) is 10.5. The molecule has 4 nitrogen and oxygen atoms in total. The summed E-state index contributed by atoms with van der Waals surface area (Å²) < 4.78 is 170. The van der Waals surface area contributed by atoms with Gasteiger partial charge in [0, 0.05) is 27.3 Å². The second kappa shape index (κ2) is 13.5. The van der Waals surface area contributed by atoms with Crippen molar-refractivity contribution >= 4 is 0 Å². The number of rotatable bonds is 12. The van der Waals surface area contributed by atoms with E-state index in [1.165, 1.54) is 14.2 Å². The van der Waals surface area contributed by atoms with Crippen LogP contribution in [0.3, 0.4) is 0 Å². The highest BCUT2D eigenvalue weighted by Gasteiger charge is 2.59. The van der Waals surface area contributed by atoms with Gasteiger partial charge in [0.15, 0.2) is 0 Å². The predicted octanol–water partition coefficient (Wildman–Crippen LogP) is 9.69. The highest BCUT2D eigenvalue weighted by atomic mass is 19.4. The zero-order valence-electron chi connectivity index (χ0n) is 25.4. The Hall–Kier alpha value is -2.56. The van der Waals surface area contributed by atoms with Crippen LogP contribution in [0.4, 0.5) is 52.7 Å². The number of alkyl halides is 12. The molecular formula is C30H34F12N2O2. The Morgan fingerprint density at radius 2 is 0.913 bits per heavy atom. The molecule has 0 radical (unpaired) electrons. The molecule has 1 aliphatic rings. The molecule has 0 saturated heterocycles. The van der Waals surface area contributed by atoms with Gasteiger partial charge < -0.3 is 9.47 Å². The van der Waals surface area contributed by atoms with E-state index in [4.69, 9.17) is 9.47 Å². The van der Waals surface area contributed by atoms with Crippen LogP contribution < -0.4 is 0 Å². The second-order valence-corrected chi connectivity index (χ2v) is 11.2. The van der Waals surface area contributed by atoms with Crippen molar-refractivity contribution in [3.63, 3.8) is 0 Å². The van der Waals surface area contributed by atoms with E-state index in [2.05, 4.69) is 0 Å². The number of methoxy groups -OCH3 is 2. The van der Waals surface area contributed by atoms with E-state index in [1.807, 2.05) is 6.07 Å². The first-order chi connectivity index (χ1) is 21.0. The molecule has 260 valence electrons. The standard InChI is InChI=1S/C30H34F12N2O2/c1-19-10-12-23-22(17-19)21-11-9-20(2)18-24(21)26(46-4,14-6-8-16-44(29(37,38)39)30(40,41)42)25(23,45-3)13-5-7-15-43(27(31,32)33)28(34,35)36/h9-12,17-18H,5-8,13-16H2,1-4H3. The quantitative estimate of drug-likeness (QED) is 0.127. The third-order valence-electron chi connectivity index (χ3n) is 8.41. The molecular weight excluding hydrogens is 648 g/mol. The van der Waals surface area contributed by atoms with Crippen LogP contribution in [0.15, 0.2) is 36.4 Å². The fourth-order valence-corrected chi connectivity index (χ4v) is 6.40. The number of hydrogen-bond donors (Lipinski definition) is 0. The van der Waals surface area contributed by atoms with Crippen molar-refractivity contribution < 1.29 is 62.2 Å². The van der Waals surface area contributed by atoms with Gasteiger partial charge in [-0.2, -0.15) is 52.7 Å². The highest BCUT2D eigenvalue weighted by molar-refractivity contribution is 5.77. The van der Waals surface area contributed by atoms with Crippen LogP contribution in [0.25, 0.3) is 11.1 Å². The molecule has 2 atom stereocenters. The molecule has 0 fully saturated rings. The van der Waals surface area contributed by atoms with Gasteiger partial charge in [-0.15, -0.1) is 9.80 Å². The normalized spacial score (nSPS) is 20.7. The Bertz CT molecular complexity index is 1310. The average Bonchev–Trinajstić information content (AvgIpc) is 2.90. The Kier molecular flexibility index (Phi) is 11.1. The smallest absolute Gasteiger partial charge is 0.370 e. The molecule has 0 heterocycles. The summed E-state index contributed by atoms with van der Waals surface area (Å²) in [6.07, 6.45) is -24.8. The third kappa shape index (κ3) is 7.60. The van der Waals surface area contributed by atoms with Crippen LogP contribution in [0.2, 0.25) is 0 Å². The molecule has 0 bridgehead atoms. The first-order valence-electron chi connectivity index (χ1n) is 14.2. The van der Waals surface area contributed by atoms with Gasteiger partial charge in [-0.05, 0) is 74.6 Å². The number of halogens is 12. The molecule has 2 aromatic carbocycles. The van der Waals surface area contributed by atoms with Crippen LogP contribution in [0, 0.1) is 13.8 Å². The molecule has 3 rings (SSSR count). The zero-order chi connectivity index (χ0) is 34.9. The summed E-state index contributed by atoms with van der Waals surface area (Å²) in [5.74, 6) is 0. The lowest BCUT2D eigenvalue weighted by atomic mass is 9.61. The maximum Gasteiger partial charge on any atom is 0.467 e. The van der Waals surface area contributed by atoms with E-state index in [-0.39, 0.29) is 25.7 Å². The maximum atomic E-state index is 13.2. The number of fused-ring (bicyclic) bond motifs is 3. The largest absolute Gasteiger partial charge is 0.467 e. The minimum Gasteiger partial charge on any atom is -0.370 e. The van der Waals surface area contributed by atoms with Gasteiger partial charge in [0.05, 0.1) is 0 Å². The minimum absolute atomic E-state index is 0.193. The molecule has 0 aliphatic heterocycles. The Morgan fingerprint density at radius 3 is 1.33 bits per heavy atom. The summed E-state index contributed by atoms with van der Waals surface area (Å²) in [4.78, 5) is -3.07. The van der Waals surface area contributed by atoms with Gasteiger partial charge in [-0.25, -0.2) is 0 Å². The molecule has 0 amide bonds. The molecule has 1 aliphatic carbocycles. The third-order valence-corrected chi connectivity index (χ3v) is 8.41. The topological polar surface area (TPSA) is 24.9 Å². The van der Waals surface area contributed by atoms with Crippen LogP contribution >= 0.6 is 0 Å². The Balaban J connectivity index is 2.08. The molecule has 0 N–H and O–H groups in total. The van der Waals surface area contributed by atoms with E-state index in [1.54, 1.807) is 44.2 Å². The van der Waals surface area contributed by atoms with E-state index in [9.17, 15) is 52.7 Å². The zero-order valence-corrected chi connectivity index (χ0v) is 25.4. The van der Waals surface area contributed by atoms with E-state index >= 15 is 0 Å². The van der Waals surface area contributed by atoms with Crippen molar-refractivity contribution in [1.82, 2.24) is 9.80 Å². The Morgan fingerprint density at radius 1 is 0.522 bits per heavy atom. The van der Waals surface area contributed by atoms with Crippen molar-refractivity contribution in [3.8, 4) is 11.1 Å². The summed E-state index contributed by atoms with van der Waals surface area (Å²) in [6.45, 7) is 0.729. The molecule has 16 heteroatoms. The predicted molar refractivity (Wildman–Crippen MR) is 144 cm³/mol. The highest BCUT2D eigenvalue weighted by Crippen LogP contribution is 2.59. The first kappa shape index (κ1) is 37.9. The molecule has 2 unspecified atom stereocenters. The van der Waals surface area contributed by atoms with E-state index in [0.717, 1.165) is 5.56 Å². The van der Waals surface area contributed by atoms with Crippen LogP contribution in [-0.4, -0.2) is 62.3 Å². The summed E-state index contributed by atoms with van der Waals surface area (Å²) >= 11 is 0. The van der Waals surface area contributed by atoms with Gasteiger partial charge in [-0.3, -0.25) is 0 Å². The monoisotopic (exact) mass is 682 g/mol. The fourth-order valence-electron chi connectivity index (χ4n) is 6.40. The van der Waals surface area contributed by atoms with Gasteiger partial charge in [0.25, 0.3) is 0 Å². The molecule has 2 aromatic rings. The second-order valence-electron chi connectivity index (χ2n) is 11.2. The van der Waals surface area contributed by atoms with Crippen molar-refractivity contribution in [2.24, 2.45) is 0 Å². The van der Waals surface area contributed by atoms with Gasteiger partial charge in [-0.1, -0.05) is 47.5 Å². The summed E-state index contributed by atoms with van der Waals surface area (Å²) in [5, 5.41) is 0. The summed E-state index contributed by atoms with van der Waals surface area (Å²) in [5.41, 5.74) is 0.517. The Labute approximate surface area is 258 Å². The average molecular weight is 683 g/mol. The number of nitrogens with zero attached hydrogens (tertiary/aromatic N) is 2. The number of benzene rings is 2. The lowest BCUT2D eigenvalue weighted by Gasteiger charge is -2.54. The molecule has 0 saturated carbocycles. The van der Waals surface area contributed by atoms with E-state index in [0.29, 0.717) is 27.8 Å². The van der Waals surface area contributed by atoms with E-state index < -0.39 is 72.1 Å². The molecule has 0 spiro atoms. The SMILES string of the molecule is COC1(CCCCN(C(F)(F)F)C(F)(F)F)c2ccc(C)cc2-c2ccc(C)cc2C1(CCCCN(C(F)(F)F)C(F)(F)F)OC. The number of unbranched alkanes of at least 4 members (excludes halogenated alkanes) is 2. The maximum absolute atomic E-state index is 13.2. The number of aryl methyl sites for hydroxylation is 2. The van der Waals surface area contributed by atoms with Crippen molar-refractivity contribution in [2.45, 2.75) is 88.8 Å². The van der Waals surface area contributed by atoms with Crippen LogP contribution in [-0.2, 0) is 20.7 Å². The number of ether oxygens (including phenoxy) is 2. The van der Waals surface area contributed by atoms with Crippen molar-refractivity contribution in [2.75, 3.05) is 27.3 Å². The van der Waals surface area contributed by atoms with Gasteiger partial charge in [0.1, 0.15) is 11.2 Å². The minimum atomic E-state index is -5.68. The van der Waals surface area contributed by atoms with Gasteiger partial charge in [0.2, 0.25) is 0 Å². The summed E-state index contributed by atoms with van der Waals surface area (Å²) in [7, 11) is 2.54.